The number of amides is 1. The molecule has 0 saturated carbocycles. The molecule has 1 aromatic heterocycles. The van der Waals surface area contributed by atoms with Crippen molar-refractivity contribution in [1.82, 2.24) is 4.98 Å². The van der Waals surface area contributed by atoms with E-state index in [-0.39, 0.29) is 5.15 Å². The molecular weight excluding hydrogens is 305 g/mol. The lowest BCUT2D eigenvalue weighted by Crippen LogP contribution is -2.16. The van der Waals surface area contributed by atoms with Gasteiger partial charge < -0.3 is 10.4 Å². The summed E-state index contributed by atoms with van der Waals surface area (Å²) < 4.78 is 13.5. The minimum Gasteiger partial charge on any atom is -0.507 e. The van der Waals surface area contributed by atoms with Gasteiger partial charge in [0.2, 0.25) is 5.82 Å². The van der Waals surface area contributed by atoms with Gasteiger partial charge in [0.25, 0.3) is 5.91 Å². The topological polar surface area (TPSA) is 105 Å². The van der Waals surface area contributed by atoms with E-state index in [4.69, 9.17) is 11.6 Å². The fourth-order valence-electron chi connectivity index (χ4n) is 1.57. The fourth-order valence-corrected chi connectivity index (χ4v) is 1.72. The van der Waals surface area contributed by atoms with Gasteiger partial charge >= 0.3 is 5.69 Å². The quantitative estimate of drug-likeness (QED) is 0.515. The van der Waals surface area contributed by atoms with Crippen molar-refractivity contribution in [2.45, 2.75) is 0 Å². The van der Waals surface area contributed by atoms with Gasteiger partial charge in [-0.3, -0.25) is 14.9 Å². The monoisotopic (exact) mass is 311 g/mol. The highest BCUT2D eigenvalue weighted by atomic mass is 35.5. The zero-order valence-corrected chi connectivity index (χ0v) is 11.0. The number of benzene rings is 1. The van der Waals surface area contributed by atoms with E-state index in [1.165, 1.54) is 12.1 Å². The van der Waals surface area contributed by atoms with Gasteiger partial charge in [-0.15, -0.1) is 0 Å². The Kier molecular flexibility index (Phi) is 3.99. The number of hydrogen-bond acceptors (Lipinski definition) is 5. The minimum absolute atomic E-state index is 0.0892. The van der Waals surface area contributed by atoms with Crippen LogP contribution in [0.2, 0.25) is 5.15 Å². The number of phenolic OH excluding ortho intramolecular Hbond substituents is 1. The van der Waals surface area contributed by atoms with Gasteiger partial charge in [-0.1, -0.05) is 17.7 Å². The molecule has 21 heavy (non-hydrogen) atoms. The molecule has 0 aliphatic rings. The molecule has 0 aliphatic carbocycles. The number of phenols is 1. The number of aromatic hydroxyl groups is 1. The smallest absolute Gasteiger partial charge is 0.311 e. The Morgan fingerprint density at radius 3 is 2.71 bits per heavy atom. The molecule has 1 aromatic carbocycles. The predicted octanol–water partition coefficient (Wildman–Crippen LogP) is 2.74. The second-order valence-electron chi connectivity index (χ2n) is 3.85. The molecule has 1 amide bonds. The number of carbonyl (C=O) groups is 1. The molecule has 0 spiro atoms. The van der Waals surface area contributed by atoms with E-state index in [0.717, 1.165) is 18.2 Å². The number of aromatic nitrogens is 1. The van der Waals surface area contributed by atoms with E-state index in [1.807, 2.05) is 0 Å². The first-order valence-electron chi connectivity index (χ1n) is 5.50. The van der Waals surface area contributed by atoms with Crippen molar-refractivity contribution in [2.75, 3.05) is 5.32 Å². The standard InChI is InChI=1S/C12H7ClFN3O4/c13-9-5-4-7(17(20)21)11(15-9)16-12(19)10-6(14)2-1-3-8(10)18/h1-5,18H,(H,15,16,19). The molecule has 0 fully saturated rings. The Labute approximate surface area is 122 Å². The van der Waals surface area contributed by atoms with Crippen molar-refractivity contribution in [1.29, 1.82) is 0 Å². The van der Waals surface area contributed by atoms with Gasteiger partial charge in [0.05, 0.1) is 4.92 Å². The molecule has 2 N–H and O–H groups in total. The number of halogens is 2. The molecule has 2 aromatic rings. The van der Waals surface area contributed by atoms with Crippen LogP contribution < -0.4 is 5.32 Å². The van der Waals surface area contributed by atoms with Crippen LogP contribution in [0.3, 0.4) is 0 Å². The van der Waals surface area contributed by atoms with E-state index in [1.54, 1.807) is 0 Å². The number of pyridine rings is 1. The van der Waals surface area contributed by atoms with Gasteiger partial charge in [0, 0.05) is 6.07 Å². The number of nitrogens with one attached hydrogen (secondary N) is 1. The summed E-state index contributed by atoms with van der Waals surface area (Å²) in [7, 11) is 0. The van der Waals surface area contributed by atoms with Crippen molar-refractivity contribution in [2.24, 2.45) is 0 Å². The maximum Gasteiger partial charge on any atom is 0.311 e. The first-order chi connectivity index (χ1) is 9.90. The number of anilines is 1. The van der Waals surface area contributed by atoms with Crippen molar-refractivity contribution in [3.05, 3.63) is 57.0 Å². The third kappa shape index (κ3) is 3.06. The molecule has 0 atom stereocenters. The number of carbonyl (C=O) groups excluding carboxylic acids is 1. The second-order valence-corrected chi connectivity index (χ2v) is 4.23. The molecule has 0 radical (unpaired) electrons. The van der Waals surface area contributed by atoms with Gasteiger partial charge in [0.1, 0.15) is 22.3 Å². The summed E-state index contributed by atoms with van der Waals surface area (Å²) in [6.45, 7) is 0. The Hall–Kier alpha value is -2.74. The zero-order valence-electron chi connectivity index (χ0n) is 10.2. The SMILES string of the molecule is O=C(Nc1nc(Cl)ccc1[N+](=O)[O-])c1c(O)cccc1F. The number of hydrogen-bond donors (Lipinski definition) is 2. The fraction of sp³-hybridized carbons (Fsp3) is 0. The zero-order chi connectivity index (χ0) is 15.6. The van der Waals surface area contributed by atoms with E-state index < -0.39 is 39.5 Å². The predicted molar refractivity (Wildman–Crippen MR) is 71.9 cm³/mol. The minimum atomic E-state index is -1.08. The second kappa shape index (κ2) is 5.71. The molecule has 1 heterocycles. The average molecular weight is 312 g/mol. The van der Waals surface area contributed by atoms with Crippen molar-refractivity contribution >= 4 is 29.0 Å². The molecular formula is C12H7ClFN3O4. The maximum absolute atomic E-state index is 13.5. The molecule has 9 heteroatoms. The summed E-state index contributed by atoms with van der Waals surface area (Å²) in [4.78, 5) is 25.6. The molecule has 2 rings (SSSR count). The van der Waals surface area contributed by atoms with Crippen LogP contribution in [0.25, 0.3) is 0 Å². The van der Waals surface area contributed by atoms with Crippen LogP contribution in [0.15, 0.2) is 30.3 Å². The number of nitrogens with zero attached hydrogens (tertiary/aromatic N) is 2. The van der Waals surface area contributed by atoms with Crippen molar-refractivity contribution in [3.63, 3.8) is 0 Å². The molecule has 0 bridgehead atoms. The third-order valence-corrected chi connectivity index (χ3v) is 2.70. The summed E-state index contributed by atoms with van der Waals surface area (Å²) >= 11 is 5.61. The van der Waals surface area contributed by atoms with Gasteiger partial charge in [0.15, 0.2) is 0 Å². The first-order valence-corrected chi connectivity index (χ1v) is 5.87. The normalized spacial score (nSPS) is 10.2. The summed E-state index contributed by atoms with van der Waals surface area (Å²) in [5.74, 6) is -3.10. The molecule has 0 unspecified atom stereocenters. The van der Waals surface area contributed by atoms with Gasteiger partial charge in [-0.2, -0.15) is 0 Å². The molecule has 0 aliphatic heterocycles. The Morgan fingerprint density at radius 1 is 1.38 bits per heavy atom. The van der Waals surface area contributed by atoms with E-state index in [2.05, 4.69) is 10.3 Å². The van der Waals surface area contributed by atoms with Crippen LogP contribution in [0.1, 0.15) is 10.4 Å². The Balaban J connectivity index is 2.40. The highest BCUT2D eigenvalue weighted by molar-refractivity contribution is 6.29. The van der Waals surface area contributed by atoms with Crippen LogP contribution in [0.5, 0.6) is 5.75 Å². The highest BCUT2D eigenvalue weighted by Crippen LogP contribution is 2.26. The lowest BCUT2D eigenvalue weighted by atomic mass is 10.1. The van der Waals surface area contributed by atoms with Gasteiger partial charge in [-0.25, -0.2) is 9.37 Å². The molecule has 7 nitrogen and oxygen atoms in total. The van der Waals surface area contributed by atoms with Crippen LogP contribution in [0, 0.1) is 15.9 Å². The van der Waals surface area contributed by atoms with Crippen LogP contribution in [-0.2, 0) is 0 Å². The van der Waals surface area contributed by atoms with Crippen LogP contribution in [0.4, 0.5) is 15.9 Å². The average Bonchev–Trinajstić information content (AvgIpc) is 2.38. The summed E-state index contributed by atoms with van der Waals surface area (Å²) in [5.41, 5.74) is -1.16. The lowest BCUT2D eigenvalue weighted by molar-refractivity contribution is -0.384. The lowest BCUT2D eigenvalue weighted by Gasteiger charge is -2.07. The Bertz CT molecular complexity index is 718. The molecule has 108 valence electrons. The summed E-state index contributed by atoms with van der Waals surface area (Å²) in [5, 5.41) is 22.3. The van der Waals surface area contributed by atoms with E-state index >= 15 is 0 Å². The maximum atomic E-state index is 13.5. The van der Waals surface area contributed by atoms with Gasteiger partial charge in [-0.05, 0) is 18.2 Å². The largest absolute Gasteiger partial charge is 0.507 e. The van der Waals surface area contributed by atoms with Crippen molar-refractivity contribution in [3.8, 4) is 5.75 Å². The van der Waals surface area contributed by atoms with Crippen LogP contribution >= 0.6 is 11.6 Å². The van der Waals surface area contributed by atoms with Crippen molar-refractivity contribution < 1.29 is 19.2 Å². The number of nitro groups is 1. The molecule has 0 saturated heterocycles. The first kappa shape index (κ1) is 14.7. The third-order valence-electron chi connectivity index (χ3n) is 2.49. The Morgan fingerprint density at radius 2 is 2.10 bits per heavy atom. The number of rotatable bonds is 3. The van der Waals surface area contributed by atoms with E-state index in [9.17, 15) is 24.4 Å². The van der Waals surface area contributed by atoms with Crippen LogP contribution in [-0.4, -0.2) is 20.9 Å². The highest BCUT2D eigenvalue weighted by Gasteiger charge is 2.22. The van der Waals surface area contributed by atoms with E-state index in [0.29, 0.717) is 0 Å². The summed E-state index contributed by atoms with van der Waals surface area (Å²) in [6.07, 6.45) is 0. The summed E-state index contributed by atoms with van der Waals surface area (Å²) in [6, 6.07) is 5.51.